The Hall–Kier alpha value is -1.93. The van der Waals surface area contributed by atoms with E-state index in [0.29, 0.717) is 31.6 Å². The Balaban J connectivity index is 2.04. The summed E-state index contributed by atoms with van der Waals surface area (Å²) < 4.78 is 39.6. The number of methoxy groups -OCH3 is 1. The van der Waals surface area contributed by atoms with Gasteiger partial charge in [-0.3, -0.25) is 4.79 Å². The second kappa shape index (κ2) is 8.25. The van der Waals surface area contributed by atoms with E-state index in [4.69, 9.17) is 15.2 Å². The Morgan fingerprint density at radius 1 is 1.38 bits per heavy atom. The molecule has 0 spiro atoms. The Bertz CT molecular complexity index is 563. The SMILES string of the molecule is COc1ccc(CNC(=O)C2(CN)CCOCC2)cc1OC(F)F. The van der Waals surface area contributed by atoms with Crippen molar-refractivity contribution in [1.82, 2.24) is 5.32 Å². The van der Waals surface area contributed by atoms with Crippen molar-refractivity contribution in [3.63, 3.8) is 0 Å². The largest absolute Gasteiger partial charge is 0.493 e. The van der Waals surface area contributed by atoms with Crippen LogP contribution in [0.4, 0.5) is 8.78 Å². The van der Waals surface area contributed by atoms with E-state index in [0.717, 1.165) is 0 Å². The van der Waals surface area contributed by atoms with Crippen LogP contribution in [0, 0.1) is 5.41 Å². The first-order valence-corrected chi connectivity index (χ1v) is 7.68. The number of benzene rings is 1. The topological polar surface area (TPSA) is 82.8 Å². The zero-order valence-electron chi connectivity index (χ0n) is 13.5. The molecule has 0 aliphatic carbocycles. The standard InChI is InChI=1S/C16H22F2N2O4/c1-22-12-3-2-11(8-13(12)24-15(17)18)9-20-14(21)16(10-19)4-6-23-7-5-16/h2-3,8,15H,4-7,9-10,19H2,1H3,(H,20,21). The van der Waals surface area contributed by atoms with Crippen molar-refractivity contribution in [3.05, 3.63) is 23.8 Å². The Morgan fingerprint density at radius 2 is 2.08 bits per heavy atom. The zero-order valence-corrected chi connectivity index (χ0v) is 13.5. The Kier molecular flexibility index (Phi) is 6.33. The number of hydrogen-bond donors (Lipinski definition) is 2. The summed E-state index contributed by atoms with van der Waals surface area (Å²) in [4.78, 5) is 12.5. The highest BCUT2D eigenvalue weighted by atomic mass is 19.3. The number of amides is 1. The minimum Gasteiger partial charge on any atom is -0.493 e. The van der Waals surface area contributed by atoms with E-state index >= 15 is 0 Å². The summed E-state index contributed by atoms with van der Waals surface area (Å²) in [5.74, 6) is -0.0208. The summed E-state index contributed by atoms with van der Waals surface area (Å²) in [5.41, 5.74) is 5.78. The number of halogens is 2. The fourth-order valence-electron chi connectivity index (χ4n) is 2.68. The number of alkyl halides is 2. The van der Waals surface area contributed by atoms with E-state index in [1.54, 1.807) is 6.07 Å². The van der Waals surface area contributed by atoms with Gasteiger partial charge in [0.25, 0.3) is 0 Å². The summed E-state index contributed by atoms with van der Waals surface area (Å²) in [6.07, 6.45) is 1.13. The van der Waals surface area contributed by atoms with E-state index in [-0.39, 0.29) is 30.5 Å². The van der Waals surface area contributed by atoms with Gasteiger partial charge in [-0.15, -0.1) is 0 Å². The molecule has 0 atom stereocenters. The molecule has 1 amide bonds. The molecule has 8 heteroatoms. The van der Waals surface area contributed by atoms with E-state index < -0.39 is 12.0 Å². The Labute approximate surface area is 139 Å². The molecule has 1 fully saturated rings. The lowest BCUT2D eigenvalue weighted by Crippen LogP contribution is -2.48. The van der Waals surface area contributed by atoms with Crippen molar-refractivity contribution >= 4 is 5.91 Å². The average Bonchev–Trinajstić information content (AvgIpc) is 2.59. The number of hydrogen-bond acceptors (Lipinski definition) is 5. The Morgan fingerprint density at radius 3 is 2.67 bits per heavy atom. The van der Waals surface area contributed by atoms with E-state index in [9.17, 15) is 13.6 Å². The second-order valence-corrected chi connectivity index (χ2v) is 5.64. The highest BCUT2D eigenvalue weighted by Crippen LogP contribution is 2.31. The van der Waals surface area contributed by atoms with E-state index in [2.05, 4.69) is 10.1 Å². The smallest absolute Gasteiger partial charge is 0.387 e. The van der Waals surface area contributed by atoms with Crippen molar-refractivity contribution in [2.75, 3.05) is 26.9 Å². The number of carbonyl (C=O) groups excluding carboxylic acids is 1. The molecular weight excluding hydrogens is 322 g/mol. The molecule has 1 aromatic carbocycles. The summed E-state index contributed by atoms with van der Waals surface area (Å²) >= 11 is 0. The first-order valence-electron chi connectivity index (χ1n) is 7.68. The van der Waals surface area contributed by atoms with Crippen LogP contribution in [0.25, 0.3) is 0 Å². The lowest BCUT2D eigenvalue weighted by molar-refractivity contribution is -0.136. The van der Waals surface area contributed by atoms with Gasteiger partial charge >= 0.3 is 6.61 Å². The quantitative estimate of drug-likeness (QED) is 0.786. The highest BCUT2D eigenvalue weighted by molar-refractivity contribution is 5.83. The molecule has 1 aliphatic rings. The molecular formula is C16H22F2N2O4. The first-order chi connectivity index (χ1) is 11.5. The average molecular weight is 344 g/mol. The van der Waals surface area contributed by atoms with E-state index in [1.807, 2.05) is 0 Å². The highest BCUT2D eigenvalue weighted by Gasteiger charge is 2.38. The van der Waals surface area contributed by atoms with Crippen LogP contribution in [0.2, 0.25) is 0 Å². The minimum atomic E-state index is -2.95. The van der Waals surface area contributed by atoms with Crippen LogP contribution < -0.4 is 20.5 Å². The minimum absolute atomic E-state index is 0.0705. The van der Waals surface area contributed by atoms with Crippen molar-refractivity contribution in [2.45, 2.75) is 26.0 Å². The zero-order chi connectivity index (χ0) is 17.6. The molecule has 1 aliphatic heterocycles. The lowest BCUT2D eigenvalue weighted by Gasteiger charge is -2.34. The van der Waals surface area contributed by atoms with Crippen LogP contribution in [0.15, 0.2) is 18.2 Å². The number of nitrogens with two attached hydrogens (primary N) is 1. The molecule has 6 nitrogen and oxygen atoms in total. The molecule has 0 aromatic heterocycles. The van der Waals surface area contributed by atoms with Gasteiger partial charge in [0.05, 0.1) is 12.5 Å². The molecule has 1 saturated heterocycles. The van der Waals surface area contributed by atoms with Crippen molar-refractivity contribution < 1.29 is 27.8 Å². The molecule has 0 saturated carbocycles. The number of ether oxygens (including phenoxy) is 3. The molecule has 0 bridgehead atoms. The van der Waals surface area contributed by atoms with Gasteiger partial charge in [0.1, 0.15) is 0 Å². The molecule has 0 radical (unpaired) electrons. The molecule has 0 unspecified atom stereocenters. The van der Waals surface area contributed by atoms with Crippen LogP contribution in [0.3, 0.4) is 0 Å². The maximum absolute atomic E-state index is 12.5. The third-order valence-corrected chi connectivity index (χ3v) is 4.22. The fraction of sp³-hybridized carbons (Fsp3) is 0.562. The van der Waals surface area contributed by atoms with Crippen molar-refractivity contribution in [3.8, 4) is 11.5 Å². The van der Waals surface area contributed by atoms with Crippen molar-refractivity contribution in [1.29, 1.82) is 0 Å². The molecule has 134 valence electrons. The predicted octanol–water partition coefficient (Wildman–Crippen LogP) is 1.67. The summed E-state index contributed by atoms with van der Waals surface area (Å²) in [6, 6.07) is 4.62. The summed E-state index contributed by atoms with van der Waals surface area (Å²) in [7, 11) is 1.37. The van der Waals surface area contributed by atoms with Gasteiger partial charge in [0, 0.05) is 26.3 Å². The lowest BCUT2D eigenvalue weighted by atomic mass is 9.79. The van der Waals surface area contributed by atoms with Gasteiger partial charge in [-0.1, -0.05) is 6.07 Å². The van der Waals surface area contributed by atoms with Gasteiger partial charge in [0.2, 0.25) is 5.91 Å². The summed E-state index contributed by atoms with van der Waals surface area (Å²) in [6.45, 7) is -1.53. The summed E-state index contributed by atoms with van der Waals surface area (Å²) in [5, 5.41) is 2.82. The van der Waals surface area contributed by atoms with Crippen LogP contribution in [0.1, 0.15) is 18.4 Å². The van der Waals surface area contributed by atoms with Gasteiger partial charge in [-0.05, 0) is 30.5 Å². The number of rotatable bonds is 7. The van der Waals surface area contributed by atoms with Crippen LogP contribution >= 0.6 is 0 Å². The molecule has 3 N–H and O–H groups in total. The third kappa shape index (κ3) is 4.33. The number of carbonyl (C=O) groups is 1. The molecule has 1 heterocycles. The van der Waals surface area contributed by atoms with Crippen LogP contribution in [-0.2, 0) is 16.1 Å². The van der Waals surface area contributed by atoms with Crippen LogP contribution in [0.5, 0.6) is 11.5 Å². The molecule has 24 heavy (non-hydrogen) atoms. The molecule has 2 rings (SSSR count). The van der Waals surface area contributed by atoms with E-state index in [1.165, 1.54) is 19.2 Å². The molecule has 1 aromatic rings. The normalized spacial score (nSPS) is 16.7. The second-order valence-electron chi connectivity index (χ2n) is 5.64. The van der Waals surface area contributed by atoms with Gasteiger partial charge < -0.3 is 25.3 Å². The maximum atomic E-state index is 12.5. The number of nitrogens with one attached hydrogen (secondary N) is 1. The van der Waals surface area contributed by atoms with Crippen LogP contribution in [-0.4, -0.2) is 39.4 Å². The van der Waals surface area contributed by atoms with Gasteiger partial charge in [-0.2, -0.15) is 8.78 Å². The fourth-order valence-corrected chi connectivity index (χ4v) is 2.68. The third-order valence-electron chi connectivity index (χ3n) is 4.22. The predicted molar refractivity (Wildman–Crippen MR) is 83.0 cm³/mol. The van der Waals surface area contributed by atoms with Crippen molar-refractivity contribution in [2.24, 2.45) is 11.1 Å². The first kappa shape index (κ1) is 18.4. The van der Waals surface area contributed by atoms with Gasteiger partial charge in [-0.25, -0.2) is 0 Å². The maximum Gasteiger partial charge on any atom is 0.387 e. The monoisotopic (exact) mass is 344 g/mol. The van der Waals surface area contributed by atoms with Gasteiger partial charge in [0.15, 0.2) is 11.5 Å².